The average Bonchev–Trinajstić information content (AvgIpc) is 3.25. The van der Waals surface area contributed by atoms with Crippen LogP contribution in [0.15, 0.2) is 51.0 Å². The molecule has 29 heavy (non-hydrogen) atoms. The molecule has 0 spiro atoms. The SMILES string of the molecule is Cc1nc2ccc(-c3noc(C(F)(F)F)n3)cn2c1S(C)(=O)=Nc1cncnc1. The molecule has 0 aromatic carbocycles. The lowest BCUT2D eigenvalue weighted by atomic mass is 10.3. The summed E-state index contributed by atoms with van der Waals surface area (Å²) in [6.07, 6.45) is 2.27. The Hall–Kier alpha value is -3.35. The number of aromatic nitrogens is 6. The van der Waals surface area contributed by atoms with E-state index in [0.717, 1.165) is 0 Å². The molecule has 4 aromatic rings. The molecule has 0 fully saturated rings. The van der Waals surface area contributed by atoms with Crippen LogP contribution in [-0.2, 0) is 15.9 Å². The van der Waals surface area contributed by atoms with Crippen LogP contribution in [0.25, 0.3) is 17.0 Å². The van der Waals surface area contributed by atoms with Crippen LogP contribution in [0.1, 0.15) is 11.6 Å². The summed E-state index contributed by atoms with van der Waals surface area (Å²) in [5.74, 6) is -1.71. The van der Waals surface area contributed by atoms with Gasteiger partial charge in [0.15, 0.2) is 0 Å². The maximum atomic E-state index is 13.4. The first-order chi connectivity index (χ1) is 13.6. The number of halogens is 3. The highest BCUT2D eigenvalue weighted by Crippen LogP contribution is 2.30. The molecule has 0 aliphatic heterocycles. The maximum Gasteiger partial charge on any atom is 0.471 e. The number of hydrogen-bond donors (Lipinski definition) is 0. The molecule has 0 N–H and O–H groups in total. The first kappa shape index (κ1) is 19.0. The van der Waals surface area contributed by atoms with Crippen molar-refractivity contribution in [2.24, 2.45) is 4.36 Å². The zero-order valence-corrected chi connectivity index (χ0v) is 15.8. The van der Waals surface area contributed by atoms with E-state index in [1.165, 1.54) is 41.6 Å². The number of alkyl halides is 3. The Labute approximate surface area is 161 Å². The number of aryl methyl sites for hydroxylation is 1. The molecular weight excluding hydrogens is 411 g/mol. The second kappa shape index (κ2) is 6.62. The summed E-state index contributed by atoms with van der Waals surface area (Å²) >= 11 is 0. The van der Waals surface area contributed by atoms with E-state index in [1.54, 1.807) is 13.0 Å². The first-order valence-electron chi connectivity index (χ1n) is 8.02. The zero-order chi connectivity index (χ0) is 20.8. The Balaban J connectivity index is 1.87. The van der Waals surface area contributed by atoms with Crippen molar-refractivity contribution in [3.8, 4) is 11.4 Å². The fraction of sp³-hybridized carbons (Fsp3) is 0.188. The van der Waals surface area contributed by atoms with Gasteiger partial charge in [-0.25, -0.2) is 19.2 Å². The van der Waals surface area contributed by atoms with Gasteiger partial charge in [-0.15, -0.1) is 0 Å². The van der Waals surface area contributed by atoms with E-state index in [0.29, 0.717) is 17.0 Å². The van der Waals surface area contributed by atoms with E-state index in [1.807, 2.05) is 0 Å². The topological polar surface area (TPSA) is 111 Å². The largest absolute Gasteiger partial charge is 0.471 e. The highest BCUT2D eigenvalue weighted by molar-refractivity contribution is 7.93. The van der Waals surface area contributed by atoms with Gasteiger partial charge < -0.3 is 4.52 Å². The van der Waals surface area contributed by atoms with Gasteiger partial charge in [0.1, 0.15) is 22.7 Å². The fourth-order valence-electron chi connectivity index (χ4n) is 2.77. The highest BCUT2D eigenvalue weighted by Gasteiger charge is 2.38. The third-order valence-electron chi connectivity index (χ3n) is 3.85. The fourth-order valence-corrected chi connectivity index (χ4v) is 4.46. The van der Waals surface area contributed by atoms with Gasteiger partial charge in [-0.2, -0.15) is 22.5 Å². The smallest absolute Gasteiger partial charge is 0.329 e. The van der Waals surface area contributed by atoms with Crippen molar-refractivity contribution in [3.05, 3.63) is 48.6 Å². The summed E-state index contributed by atoms with van der Waals surface area (Å²) in [5.41, 5.74) is 1.45. The molecule has 1 unspecified atom stereocenters. The Morgan fingerprint density at radius 2 is 1.90 bits per heavy atom. The Morgan fingerprint density at radius 1 is 1.17 bits per heavy atom. The predicted octanol–water partition coefficient (Wildman–Crippen LogP) is 3.29. The van der Waals surface area contributed by atoms with Gasteiger partial charge >= 0.3 is 12.1 Å². The van der Waals surface area contributed by atoms with Crippen molar-refractivity contribution in [2.75, 3.05) is 6.26 Å². The molecule has 0 radical (unpaired) electrons. The van der Waals surface area contributed by atoms with Gasteiger partial charge in [0.25, 0.3) is 0 Å². The minimum Gasteiger partial charge on any atom is -0.329 e. The van der Waals surface area contributed by atoms with E-state index >= 15 is 0 Å². The third kappa shape index (κ3) is 3.55. The van der Waals surface area contributed by atoms with Crippen LogP contribution in [-0.4, -0.2) is 40.0 Å². The molecule has 0 aliphatic rings. The molecule has 4 rings (SSSR count). The van der Waals surface area contributed by atoms with Gasteiger partial charge in [0.2, 0.25) is 5.82 Å². The minimum atomic E-state index is -4.75. The number of imidazole rings is 1. The molecule has 0 saturated heterocycles. The number of pyridine rings is 1. The van der Waals surface area contributed by atoms with E-state index in [4.69, 9.17) is 0 Å². The molecule has 0 bridgehead atoms. The van der Waals surface area contributed by atoms with Gasteiger partial charge in [-0.3, -0.25) is 4.40 Å². The predicted molar refractivity (Wildman–Crippen MR) is 94.7 cm³/mol. The van der Waals surface area contributed by atoms with Crippen molar-refractivity contribution in [1.29, 1.82) is 0 Å². The first-order valence-corrected chi connectivity index (χ1v) is 9.95. The lowest BCUT2D eigenvalue weighted by Gasteiger charge is -2.06. The Kier molecular flexibility index (Phi) is 4.33. The zero-order valence-electron chi connectivity index (χ0n) is 15.0. The average molecular weight is 423 g/mol. The number of fused-ring (bicyclic) bond motifs is 1. The second-order valence-corrected chi connectivity index (χ2v) is 8.23. The molecule has 13 heteroatoms. The van der Waals surface area contributed by atoms with Crippen LogP contribution in [0, 0.1) is 6.92 Å². The Morgan fingerprint density at radius 3 is 2.55 bits per heavy atom. The van der Waals surface area contributed by atoms with Gasteiger partial charge in [-0.05, 0) is 19.1 Å². The maximum absolute atomic E-state index is 13.4. The number of hydrogen-bond acceptors (Lipinski definition) is 8. The van der Waals surface area contributed by atoms with E-state index < -0.39 is 21.8 Å². The normalized spacial score (nSPS) is 14.1. The van der Waals surface area contributed by atoms with Crippen molar-refractivity contribution in [2.45, 2.75) is 18.1 Å². The van der Waals surface area contributed by atoms with Crippen LogP contribution in [0.3, 0.4) is 0 Å². The molecule has 0 saturated carbocycles. The van der Waals surface area contributed by atoms with Crippen LogP contribution in [0.2, 0.25) is 0 Å². The summed E-state index contributed by atoms with van der Waals surface area (Å²) in [4.78, 5) is 15.4. The summed E-state index contributed by atoms with van der Waals surface area (Å²) in [6.45, 7) is 1.66. The highest BCUT2D eigenvalue weighted by atomic mass is 32.2. The quantitative estimate of drug-likeness (QED) is 0.497. The van der Waals surface area contributed by atoms with Crippen LogP contribution in [0.5, 0.6) is 0 Å². The molecule has 9 nitrogen and oxygen atoms in total. The van der Waals surface area contributed by atoms with Crippen molar-refractivity contribution in [1.82, 2.24) is 29.5 Å². The van der Waals surface area contributed by atoms with E-state index in [-0.39, 0.29) is 16.4 Å². The number of rotatable bonds is 3. The van der Waals surface area contributed by atoms with E-state index in [9.17, 15) is 17.4 Å². The molecule has 4 aromatic heterocycles. The number of nitrogens with zero attached hydrogens (tertiary/aromatic N) is 7. The summed E-state index contributed by atoms with van der Waals surface area (Å²) in [5, 5.41) is 3.66. The summed E-state index contributed by atoms with van der Waals surface area (Å²) in [6, 6.07) is 3.05. The van der Waals surface area contributed by atoms with Gasteiger partial charge in [0, 0.05) is 18.0 Å². The van der Waals surface area contributed by atoms with Gasteiger partial charge in [-0.1, -0.05) is 5.16 Å². The lowest BCUT2D eigenvalue weighted by molar-refractivity contribution is -0.159. The van der Waals surface area contributed by atoms with E-state index in [2.05, 4.69) is 34.0 Å². The minimum absolute atomic E-state index is 0.230. The van der Waals surface area contributed by atoms with Crippen molar-refractivity contribution >= 4 is 21.1 Å². The molecule has 0 amide bonds. The lowest BCUT2D eigenvalue weighted by Crippen LogP contribution is -2.05. The van der Waals surface area contributed by atoms with Crippen molar-refractivity contribution in [3.63, 3.8) is 0 Å². The molecule has 4 heterocycles. The van der Waals surface area contributed by atoms with Crippen LogP contribution >= 0.6 is 0 Å². The molecule has 1 atom stereocenters. The van der Waals surface area contributed by atoms with Gasteiger partial charge in [0.05, 0.1) is 27.8 Å². The molecular formula is C16H12F3N7O2S. The third-order valence-corrected chi connectivity index (χ3v) is 5.62. The second-order valence-electron chi connectivity index (χ2n) is 6.06. The standard InChI is InChI=1S/C16H12F3N7O2S/c1-9-14(29(2,27)25-11-5-20-8-21-6-11)26-7-10(3-4-12(26)22-9)13-23-15(28-24-13)16(17,18)19/h3-8H,1-2H3. The molecule has 0 aliphatic carbocycles. The summed E-state index contributed by atoms with van der Waals surface area (Å²) in [7, 11) is -2.99. The monoisotopic (exact) mass is 423 g/mol. The van der Waals surface area contributed by atoms with Crippen LogP contribution < -0.4 is 0 Å². The Bertz CT molecular complexity index is 1320. The molecule has 150 valence electrons. The summed E-state index contributed by atoms with van der Waals surface area (Å²) < 4.78 is 61.5. The van der Waals surface area contributed by atoms with Crippen LogP contribution in [0.4, 0.5) is 18.9 Å². The van der Waals surface area contributed by atoms with Crippen molar-refractivity contribution < 1.29 is 21.9 Å².